The first-order chi connectivity index (χ1) is 13.8. The van der Waals surface area contributed by atoms with E-state index in [1.807, 2.05) is 19.1 Å². The highest BCUT2D eigenvalue weighted by Crippen LogP contribution is 2.42. The third-order valence-corrected chi connectivity index (χ3v) is 8.45. The second-order valence-electron chi connectivity index (χ2n) is 7.44. The van der Waals surface area contributed by atoms with Gasteiger partial charge < -0.3 is 5.32 Å². The predicted molar refractivity (Wildman–Crippen MR) is 115 cm³/mol. The monoisotopic (exact) mass is 428 g/mol. The van der Waals surface area contributed by atoms with E-state index in [1.54, 1.807) is 18.3 Å². The van der Waals surface area contributed by atoms with Crippen LogP contribution in [-0.2, 0) is 14.6 Å². The SMILES string of the molecule is Cc1ccc(NC(=O)C2(S(=O)(=O)c3ccc(Cl)cc3)CCCC2)c2cccnc12. The van der Waals surface area contributed by atoms with Gasteiger partial charge in [0, 0.05) is 16.6 Å². The number of fused-ring (bicyclic) bond motifs is 1. The Hall–Kier alpha value is -2.44. The van der Waals surface area contributed by atoms with Gasteiger partial charge in [-0.15, -0.1) is 0 Å². The molecular formula is C22H21ClN2O3S. The van der Waals surface area contributed by atoms with Crippen LogP contribution in [0.5, 0.6) is 0 Å². The molecule has 0 bridgehead atoms. The van der Waals surface area contributed by atoms with Crippen molar-refractivity contribution in [3.05, 3.63) is 65.3 Å². The van der Waals surface area contributed by atoms with Gasteiger partial charge in [-0.2, -0.15) is 0 Å². The molecule has 1 N–H and O–H groups in total. The quantitative estimate of drug-likeness (QED) is 0.639. The van der Waals surface area contributed by atoms with E-state index in [1.165, 1.54) is 24.3 Å². The first-order valence-electron chi connectivity index (χ1n) is 9.51. The van der Waals surface area contributed by atoms with E-state index in [0.29, 0.717) is 36.4 Å². The Morgan fingerprint density at radius 1 is 1.07 bits per heavy atom. The minimum Gasteiger partial charge on any atom is -0.324 e. The van der Waals surface area contributed by atoms with Gasteiger partial charge in [0.1, 0.15) is 0 Å². The van der Waals surface area contributed by atoms with Gasteiger partial charge in [-0.05, 0) is 67.8 Å². The Balaban J connectivity index is 1.76. The van der Waals surface area contributed by atoms with Crippen molar-refractivity contribution in [1.82, 2.24) is 4.98 Å². The summed E-state index contributed by atoms with van der Waals surface area (Å²) in [5.41, 5.74) is 2.34. The minimum absolute atomic E-state index is 0.120. The number of benzene rings is 2. The summed E-state index contributed by atoms with van der Waals surface area (Å²) in [6.07, 6.45) is 3.68. The van der Waals surface area contributed by atoms with Gasteiger partial charge >= 0.3 is 0 Å². The Morgan fingerprint density at radius 2 is 1.76 bits per heavy atom. The lowest BCUT2D eigenvalue weighted by Gasteiger charge is -2.28. The molecule has 1 saturated carbocycles. The Bertz CT molecular complexity index is 1180. The standard InChI is InChI=1S/C22H21ClN2O3S/c1-15-6-11-19(18-5-4-14-24-20(15)18)25-21(26)22(12-2-3-13-22)29(27,28)17-9-7-16(23)8-10-17/h4-11,14H,2-3,12-13H2,1H3,(H,25,26). The maximum Gasteiger partial charge on any atom is 0.246 e. The number of nitrogens with one attached hydrogen (secondary N) is 1. The van der Waals surface area contributed by atoms with Crippen LogP contribution in [0.15, 0.2) is 59.6 Å². The summed E-state index contributed by atoms with van der Waals surface area (Å²) >= 11 is 5.91. The number of pyridine rings is 1. The van der Waals surface area contributed by atoms with Gasteiger partial charge in [0.2, 0.25) is 5.91 Å². The number of anilines is 1. The number of carbonyl (C=O) groups is 1. The van der Waals surface area contributed by atoms with Crippen LogP contribution in [0.2, 0.25) is 5.02 Å². The summed E-state index contributed by atoms with van der Waals surface area (Å²) in [6.45, 7) is 1.95. The van der Waals surface area contributed by atoms with Crippen LogP contribution in [0.4, 0.5) is 5.69 Å². The number of aromatic nitrogens is 1. The van der Waals surface area contributed by atoms with Gasteiger partial charge in [0.05, 0.1) is 16.1 Å². The number of carbonyl (C=O) groups excluding carboxylic acids is 1. The second-order valence-corrected chi connectivity index (χ2v) is 10.1. The first-order valence-corrected chi connectivity index (χ1v) is 11.4. The van der Waals surface area contributed by atoms with Crippen molar-refractivity contribution in [2.45, 2.75) is 42.2 Å². The Labute approximate surface area is 175 Å². The summed E-state index contributed by atoms with van der Waals surface area (Å²) < 4.78 is 25.5. The third kappa shape index (κ3) is 3.30. The molecule has 0 aliphatic heterocycles. The van der Waals surface area contributed by atoms with Gasteiger partial charge in [0.15, 0.2) is 14.6 Å². The first kappa shape index (κ1) is 19.9. The highest BCUT2D eigenvalue weighted by atomic mass is 35.5. The lowest BCUT2D eigenvalue weighted by Crippen LogP contribution is -2.47. The number of amides is 1. The molecule has 1 aliphatic rings. The van der Waals surface area contributed by atoms with E-state index in [2.05, 4.69) is 10.3 Å². The number of sulfone groups is 1. The largest absolute Gasteiger partial charge is 0.324 e. The fourth-order valence-corrected chi connectivity index (χ4v) is 6.26. The van der Waals surface area contributed by atoms with Crippen molar-refractivity contribution in [3.63, 3.8) is 0 Å². The second kappa shape index (κ2) is 7.43. The molecule has 1 amide bonds. The van der Waals surface area contributed by atoms with Crippen LogP contribution in [-0.4, -0.2) is 24.1 Å². The molecule has 2 aromatic carbocycles. The molecule has 0 atom stereocenters. The van der Waals surface area contributed by atoms with Crippen molar-refractivity contribution in [2.75, 3.05) is 5.32 Å². The van der Waals surface area contributed by atoms with Gasteiger partial charge in [-0.3, -0.25) is 9.78 Å². The molecule has 0 saturated heterocycles. The molecule has 7 heteroatoms. The number of halogens is 1. The van der Waals surface area contributed by atoms with E-state index >= 15 is 0 Å². The number of aryl methyl sites for hydroxylation is 1. The van der Waals surface area contributed by atoms with Crippen molar-refractivity contribution < 1.29 is 13.2 Å². The summed E-state index contributed by atoms with van der Waals surface area (Å²) in [6, 6.07) is 13.4. The van der Waals surface area contributed by atoms with Crippen molar-refractivity contribution in [2.24, 2.45) is 0 Å². The molecule has 4 rings (SSSR count). The number of rotatable bonds is 4. The smallest absolute Gasteiger partial charge is 0.246 e. The zero-order valence-corrected chi connectivity index (χ0v) is 17.6. The summed E-state index contributed by atoms with van der Waals surface area (Å²) in [7, 11) is -3.88. The van der Waals surface area contributed by atoms with Crippen LogP contribution in [0.1, 0.15) is 31.2 Å². The topological polar surface area (TPSA) is 76.1 Å². The van der Waals surface area contributed by atoms with Crippen LogP contribution in [0.25, 0.3) is 10.9 Å². The summed E-state index contributed by atoms with van der Waals surface area (Å²) in [5.74, 6) is -0.487. The lowest BCUT2D eigenvalue weighted by molar-refractivity contribution is -0.118. The summed E-state index contributed by atoms with van der Waals surface area (Å²) in [5, 5.41) is 4.14. The molecule has 0 radical (unpaired) electrons. The number of hydrogen-bond donors (Lipinski definition) is 1. The normalized spacial score (nSPS) is 16.1. The van der Waals surface area contributed by atoms with Crippen LogP contribution >= 0.6 is 11.6 Å². The molecule has 1 heterocycles. The van der Waals surface area contributed by atoms with E-state index in [-0.39, 0.29) is 4.90 Å². The summed E-state index contributed by atoms with van der Waals surface area (Å²) in [4.78, 5) is 17.9. The average Bonchev–Trinajstić information content (AvgIpc) is 3.23. The highest BCUT2D eigenvalue weighted by molar-refractivity contribution is 7.93. The van der Waals surface area contributed by atoms with E-state index in [9.17, 15) is 13.2 Å². The minimum atomic E-state index is -3.88. The third-order valence-electron chi connectivity index (χ3n) is 5.68. The van der Waals surface area contributed by atoms with Crippen molar-refractivity contribution in [1.29, 1.82) is 0 Å². The maximum atomic E-state index is 13.5. The Morgan fingerprint density at radius 3 is 2.45 bits per heavy atom. The molecule has 1 aliphatic carbocycles. The molecule has 29 heavy (non-hydrogen) atoms. The van der Waals surface area contributed by atoms with Gasteiger partial charge in [-0.25, -0.2) is 8.42 Å². The van der Waals surface area contributed by atoms with Crippen LogP contribution in [0.3, 0.4) is 0 Å². The molecule has 0 spiro atoms. The average molecular weight is 429 g/mol. The zero-order valence-electron chi connectivity index (χ0n) is 16.0. The molecule has 150 valence electrons. The van der Waals surface area contributed by atoms with Crippen molar-refractivity contribution in [3.8, 4) is 0 Å². The molecule has 1 fully saturated rings. The van der Waals surface area contributed by atoms with Gasteiger partial charge in [-0.1, -0.05) is 30.5 Å². The van der Waals surface area contributed by atoms with E-state index in [4.69, 9.17) is 11.6 Å². The molecule has 0 unspecified atom stereocenters. The lowest BCUT2D eigenvalue weighted by atomic mass is 10.0. The fraction of sp³-hybridized carbons (Fsp3) is 0.273. The number of hydrogen-bond acceptors (Lipinski definition) is 4. The highest BCUT2D eigenvalue weighted by Gasteiger charge is 2.53. The zero-order chi connectivity index (χ0) is 20.6. The van der Waals surface area contributed by atoms with E-state index < -0.39 is 20.5 Å². The van der Waals surface area contributed by atoms with E-state index in [0.717, 1.165) is 16.5 Å². The predicted octanol–water partition coefficient (Wildman–Crippen LogP) is 4.92. The van der Waals surface area contributed by atoms with Crippen LogP contribution < -0.4 is 5.32 Å². The Kier molecular flexibility index (Phi) is 5.09. The van der Waals surface area contributed by atoms with Gasteiger partial charge in [0.25, 0.3) is 0 Å². The van der Waals surface area contributed by atoms with Crippen LogP contribution in [0, 0.1) is 6.92 Å². The number of nitrogens with zero attached hydrogens (tertiary/aromatic N) is 1. The molecule has 3 aromatic rings. The van der Waals surface area contributed by atoms with Crippen molar-refractivity contribution >= 4 is 43.9 Å². The molecular weight excluding hydrogens is 408 g/mol. The fourth-order valence-electron chi connectivity index (χ4n) is 4.06. The molecule has 5 nitrogen and oxygen atoms in total. The molecule has 1 aromatic heterocycles. The maximum absolute atomic E-state index is 13.5.